The van der Waals surface area contributed by atoms with E-state index in [9.17, 15) is 0 Å². The smallest absolute Gasteiger partial charge is 0.177 e. The largest absolute Gasteiger partial charge is 0.340 e. The SMILES string of the molecule is Cc1ccc2[nH]c(C3CCCCS3)nc2n1. The van der Waals surface area contributed by atoms with Gasteiger partial charge < -0.3 is 4.98 Å². The summed E-state index contributed by atoms with van der Waals surface area (Å²) in [6, 6.07) is 4.10. The second-order valence-electron chi connectivity index (χ2n) is 4.30. The van der Waals surface area contributed by atoms with Crippen molar-refractivity contribution in [2.75, 3.05) is 5.75 Å². The van der Waals surface area contributed by atoms with E-state index < -0.39 is 0 Å². The van der Waals surface area contributed by atoms with E-state index in [1.165, 1.54) is 25.0 Å². The van der Waals surface area contributed by atoms with Crippen molar-refractivity contribution in [2.45, 2.75) is 31.4 Å². The van der Waals surface area contributed by atoms with E-state index in [1.807, 2.05) is 24.8 Å². The molecule has 0 aliphatic carbocycles. The maximum atomic E-state index is 4.61. The molecule has 3 nitrogen and oxygen atoms in total. The molecule has 1 atom stereocenters. The third-order valence-electron chi connectivity index (χ3n) is 2.99. The third-order valence-corrected chi connectivity index (χ3v) is 4.37. The molecule has 2 aromatic rings. The van der Waals surface area contributed by atoms with Crippen molar-refractivity contribution in [1.29, 1.82) is 0 Å². The lowest BCUT2D eigenvalue weighted by Gasteiger charge is -2.18. The fraction of sp³-hybridized carbons (Fsp3) is 0.500. The van der Waals surface area contributed by atoms with Crippen LogP contribution < -0.4 is 0 Å². The van der Waals surface area contributed by atoms with E-state index in [1.54, 1.807) is 0 Å². The van der Waals surface area contributed by atoms with Gasteiger partial charge >= 0.3 is 0 Å². The number of H-pyrrole nitrogens is 1. The van der Waals surface area contributed by atoms with E-state index in [2.05, 4.69) is 21.0 Å². The number of hydrogen-bond donors (Lipinski definition) is 1. The van der Waals surface area contributed by atoms with Gasteiger partial charge in [0.2, 0.25) is 0 Å². The third kappa shape index (κ3) is 1.82. The van der Waals surface area contributed by atoms with Gasteiger partial charge in [-0.1, -0.05) is 6.42 Å². The number of nitrogens with one attached hydrogen (secondary N) is 1. The Morgan fingerprint density at radius 2 is 2.25 bits per heavy atom. The first-order valence-electron chi connectivity index (χ1n) is 5.78. The van der Waals surface area contributed by atoms with Crippen LogP contribution in [0.5, 0.6) is 0 Å². The van der Waals surface area contributed by atoms with Crippen LogP contribution in [0, 0.1) is 6.92 Å². The van der Waals surface area contributed by atoms with Crippen molar-refractivity contribution >= 4 is 22.9 Å². The minimum Gasteiger partial charge on any atom is -0.340 e. The second kappa shape index (κ2) is 4.09. The summed E-state index contributed by atoms with van der Waals surface area (Å²) in [5, 5.41) is 0.545. The van der Waals surface area contributed by atoms with E-state index in [0.29, 0.717) is 5.25 Å². The number of fused-ring (bicyclic) bond motifs is 1. The highest BCUT2D eigenvalue weighted by Gasteiger charge is 2.19. The van der Waals surface area contributed by atoms with E-state index >= 15 is 0 Å². The molecule has 84 valence electrons. The van der Waals surface area contributed by atoms with Crippen LogP contribution in [-0.2, 0) is 0 Å². The van der Waals surface area contributed by atoms with Crippen molar-refractivity contribution < 1.29 is 0 Å². The molecule has 0 bridgehead atoms. The topological polar surface area (TPSA) is 41.6 Å². The van der Waals surface area contributed by atoms with Gasteiger partial charge in [0.25, 0.3) is 0 Å². The molecular weight excluding hydrogens is 218 g/mol. The number of aryl methyl sites for hydroxylation is 1. The van der Waals surface area contributed by atoms with Gasteiger partial charge in [-0.15, -0.1) is 0 Å². The first kappa shape index (κ1) is 10.1. The van der Waals surface area contributed by atoms with E-state index in [0.717, 1.165) is 22.7 Å². The van der Waals surface area contributed by atoms with Crippen molar-refractivity contribution in [1.82, 2.24) is 15.0 Å². The Morgan fingerprint density at radius 3 is 3.06 bits per heavy atom. The lowest BCUT2D eigenvalue weighted by molar-refractivity contribution is 0.668. The summed E-state index contributed by atoms with van der Waals surface area (Å²) in [6.07, 6.45) is 3.91. The van der Waals surface area contributed by atoms with Gasteiger partial charge in [-0.2, -0.15) is 11.8 Å². The van der Waals surface area contributed by atoms with Gasteiger partial charge in [0.15, 0.2) is 5.65 Å². The normalized spacial score (nSPS) is 21.4. The molecule has 0 radical (unpaired) electrons. The Labute approximate surface area is 99.1 Å². The minimum atomic E-state index is 0.545. The van der Waals surface area contributed by atoms with Gasteiger partial charge in [0, 0.05) is 5.69 Å². The fourth-order valence-electron chi connectivity index (χ4n) is 2.11. The zero-order valence-electron chi connectivity index (χ0n) is 9.36. The summed E-state index contributed by atoms with van der Waals surface area (Å²) in [7, 11) is 0. The molecule has 0 saturated carbocycles. The van der Waals surface area contributed by atoms with Gasteiger partial charge in [0.1, 0.15) is 5.82 Å². The molecule has 2 aromatic heterocycles. The van der Waals surface area contributed by atoms with Crippen LogP contribution >= 0.6 is 11.8 Å². The highest BCUT2D eigenvalue weighted by molar-refractivity contribution is 7.99. The number of hydrogen-bond acceptors (Lipinski definition) is 3. The summed E-state index contributed by atoms with van der Waals surface area (Å²) in [4.78, 5) is 12.4. The quantitative estimate of drug-likeness (QED) is 0.822. The van der Waals surface area contributed by atoms with Crippen molar-refractivity contribution in [3.63, 3.8) is 0 Å². The molecule has 0 spiro atoms. The molecule has 4 heteroatoms. The lowest BCUT2D eigenvalue weighted by Crippen LogP contribution is -2.03. The molecule has 1 fully saturated rings. The maximum absolute atomic E-state index is 4.61. The van der Waals surface area contributed by atoms with Crippen LogP contribution in [0.3, 0.4) is 0 Å². The number of rotatable bonds is 1. The molecule has 1 aliphatic rings. The first-order valence-corrected chi connectivity index (χ1v) is 6.83. The van der Waals surface area contributed by atoms with Crippen LogP contribution in [0.1, 0.15) is 36.0 Å². The summed E-state index contributed by atoms with van der Waals surface area (Å²) in [5.41, 5.74) is 2.95. The molecule has 1 N–H and O–H groups in total. The highest BCUT2D eigenvalue weighted by Crippen LogP contribution is 2.37. The molecule has 3 rings (SSSR count). The predicted octanol–water partition coefficient (Wildman–Crippen LogP) is 3.22. The van der Waals surface area contributed by atoms with Crippen LogP contribution in [0.2, 0.25) is 0 Å². The summed E-state index contributed by atoms with van der Waals surface area (Å²) in [5.74, 6) is 2.37. The Bertz CT molecular complexity index is 500. The molecule has 1 aliphatic heterocycles. The zero-order chi connectivity index (χ0) is 11.0. The number of aromatic nitrogens is 3. The zero-order valence-corrected chi connectivity index (χ0v) is 10.2. The number of nitrogens with zero attached hydrogens (tertiary/aromatic N) is 2. The van der Waals surface area contributed by atoms with Crippen LogP contribution in [0.25, 0.3) is 11.2 Å². The molecule has 1 saturated heterocycles. The summed E-state index contributed by atoms with van der Waals surface area (Å²) < 4.78 is 0. The van der Waals surface area contributed by atoms with Gasteiger partial charge in [-0.25, -0.2) is 9.97 Å². The molecule has 0 amide bonds. The number of imidazole rings is 1. The second-order valence-corrected chi connectivity index (χ2v) is 5.61. The van der Waals surface area contributed by atoms with Crippen LogP contribution in [0.4, 0.5) is 0 Å². The van der Waals surface area contributed by atoms with Crippen LogP contribution in [-0.4, -0.2) is 20.7 Å². The highest BCUT2D eigenvalue weighted by atomic mass is 32.2. The standard InChI is InChI=1S/C12H15N3S/c1-8-5-6-9-11(13-8)15-12(14-9)10-4-2-3-7-16-10/h5-6,10H,2-4,7H2,1H3,(H,13,14,15). The number of pyridine rings is 1. The van der Waals surface area contributed by atoms with E-state index in [-0.39, 0.29) is 0 Å². The molecule has 3 heterocycles. The Kier molecular flexibility index (Phi) is 2.59. The Hall–Kier alpha value is -1.03. The molecule has 0 aromatic carbocycles. The maximum Gasteiger partial charge on any atom is 0.177 e. The first-order chi connectivity index (χ1) is 7.83. The predicted molar refractivity (Wildman–Crippen MR) is 67.7 cm³/mol. The van der Waals surface area contributed by atoms with Crippen molar-refractivity contribution in [2.24, 2.45) is 0 Å². The summed E-state index contributed by atoms with van der Waals surface area (Å²) >= 11 is 2.01. The van der Waals surface area contributed by atoms with Gasteiger partial charge in [-0.3, -0.25) is 0 Å². The summed E-state index contributed by atoms with van der Waals surface area (Å²) in [6.45, 7) is 2.00. The van der Waals surface area contributed by atoms with E-state index in [4.69, 9.17) is 0 Å². The number of aromatic amines is 1. The van der Waals surface area contributed by atoms with Crippen molar-refractivity contribution in [3.8, 4) is 0 Å². The van der Waals surface area contributed by atoms with Crippen molar-refractivity contribution in [3.05, 3.63) is 23.7 Å². The average Bonchev–Trinajstić information content (AvgIpc) is 2.73. The molecule has 16 heavy (non-hydrogen) atoms. The molecular formula is C12H15N3S. The lowest BCUT2D eigenvalue weighted by atomic mass is 10.2. The van der Waals surface area contributed by atoms with Crippen LogP contribution in [0.15, 0.2) is 12.1 Å². The minimum absolute atomic E-state index is 0.545. The van der Waals surface area contributed by atoms with Gasteiger partial charge in [-0.05, 0) is 37.7 Å². The Morgan fingerprint density at radius 1 is 1.31 bits per heavy atom. The average molecular weight is 233 g/mol. The van der Waals surface area contributed by atoms with Gasteiger partial charge in [0.05, 0.1) is 10.8 Å². The number of thioether (sulfide) groups is 1. The Balaban J connectivity index is 1.97. The molecule has 1 unspecified atom stereocenters. The fourth-order valence-corrected chi connectivity index (χ4v) is 3.37. The monoisotopic (exact) mass is 233 g/mol.